The molecule has 6 heteroatoms. The SMILES string of the molecule is C[C@@H]1[C@H](C)CCC[C@H]1NC(=O)c1ccc(CSc2nc3ccncc3[nH]2)cc1. The van der Waals surface area contributed by atoms with E-state index in [1.54, 1.807) is 24.2 Å². The van der Waals surface area contributed by atoms with Gasteiger partial charge in [0.15, 0.2) is 5.16 Å². The van der Waals surface area contributed by atoms with Gasteiger partial charge in [0, 0.05) is 23.6 Å². The quantitative estimate of drug-likeness (QED) is 0.610. The molecule has 1 amide bonds. The molecule has 4 rings (SSSR count). The maximum Gasteiger partial charge on any atom is 0.251 e. The number of hydrogen-bond donors (Lipinski definition) is 2. The first kappa shape index (κ1) is 19.0. The third kappa shape index (κ3) is 4.22. The van der Waals surface area contributed by atoms with Crippen LogP contribution in [0.15, 0.2) is 47.9 Å². The van der Waals surface area contributed by atoms with Crippen molar-refractivity contribution in [2.75, 3.05) is 0 Å². The molecule has 0 bridgehead atoms. The van der Waals surface area contributed by atoms with Crippen molar-refractivity contribution >= 4 is 28.7 Å². The Morgan fingerprint density at radius 1 is 1.21 bits per heavy atom. The summed E-state index contributed by atoms with van der Waals surface area (Å²) < 4.78 is 0. The van der Waals surface area contributed by atoms with E-state index in [0.29, 0.717) is 11.8 Å². The van der Waals surface area contributed by atoms with Crippen LogP contribution in [0.2, 0.25) is 0 Å². The number of thioether (sulfide) groups is 1. The van der Waals surface area contributed by atoms with Gasteiger partial charge in [-0.15, -0.1) is 0 Å². The lowest BCUT2D eigenvalue weighted by Crippen LogP contribution is -2.43. The number of benzene rings is 1. The van der Waals surface area contributed by atoms with Crippen LogP contribution >= 0.6 is 11.8 Å². The molecule has 2 heterocycles. The maximum atomic E-state index is 12.6. The van der Waals surface area contributed by atoms with Crippen LogP contribution in [0, 0.1) is 11.8 Å². The minimum absolute atomic E-state index is 0.0370. The minimum Gasteiger partial charge on any atom is -0.349 e. The van der Waals surface area contributed by atoms with E-state index in [-0.39, 0.29) is 11.9 Å². The van der Waals surface area contributed by atoms with Crippen molar-refractivity contribution in [1.82, 2.24) is 20.3 Å². The number of aromatic nitrogens is 3. The Morgan fingerprint density at radius 2 is 2.04 bits per heavy atom. The van der Waals surface area contributed by atoms with Gasteiger partial charge in [-0.2, -0.15) is 0 Å². The zero-order valence-electron chi connectivity index (χ0n) is 16.3. The first-order chi connectivity index (χ1) is 13.6. The van der Waals surface area contributed by atoms with Crippen LogP contribution in [-0.2, 0) is 5.75 Å². The second-order valence-electron chi connectivity index (χ2n) is 7.77. The molecule has 146 valence electrons. The predicted octanol–water partition coefficient (Wildman–Crippen LogP) is 4.80. The fourth-order valence-corrected chi connectivity index (χ4v) is 4.68. The average molecular weight is 395 g/mol. The van der Waals surface area contributed by atoms with Crippen LogP contribution in [0.4, 0.5) is 0 Å². The standard InChI is InChI=1S/C22H26N4OS/c1-14-4-3-5-18(15(14)2)24-21(27)17-8-6-16(7-9-17)13-28-22-25-19-10-11-23-12-20(19)26-22/h6-12,14-15,18H,3-5,13H2,1-2H3,(H,24,27)(H,25,26)/t14-,15-,18-/m1/s1. The molecular weight excluding hydrogens is 368 g/mol. The van der Waals surface area contributed by atoms with Gasteiger partial charge in [-0.1, -0.05) is 50.6 Å². The molecule has 0 unspecified atom stereocenters. The largest absolute Gasteiger partial charge is 0.349 e. The number of aromatic amines is 1. The zero-order valence-corrected chi connectivity index (χ0v) is 17.1. The topological polar surface area (TPSA) is 70.7 Å². The van der Waals surface area contributed by atoms with Crippen LogP contribution in [0.3, 0.4) is 0 Å². The summed E-state index contributed by atoms with van der Waals surface area (Å²) in [5.74, 6) is 2.04. The van der Waals surface area contributed by atoms with Crippen LogP contribution in [0.1, 0.15) is 49.0 Å². The van der Waals surface area contributed by atoms with Crippen molar-refractivity contribution in [1.29, 1.82) is 0 Å². The van der Waals surface area contributed by atoms with E-state index >= 15 is 0 Å². The molecule has 2 aromatic heterocycles. The molecule has 3 atom stereocenters. The fourth-order valence-electron chi connectivity index (χ4n) is 3.84. The van der Waals surface area contributed by atoms with Gasteiger partial charge in [-0.05, 0) is 42.0 Å². The molecule has 1 aliphatic carbocycles. The molecule has 1 fully saturated rings. The first-order valence-corrected chi connectivity index (χ1v) is 10.9. The summed E-state index contributed by atoms with van der Waals surface area (Å²) in [6.45, 7) is 4.54. The average Bonchev–Trinajstić information content (AvgIpc) is 3.13. The van der Waals surface area contributed by atoms with Crippen molar-refractivity contribution in [2.24, 2.45) is 11.8 Å². The highest BCUT2D eigenvalue weighted by molar-refractivity contribution is 7.98. The summed E-state index contributed by atoms with van der Waals surface area (Å²) in [5, 5.41) is 4.12. The second-order valence-corrected chi connectivity index (χ2v) is 8.73. The van der Waals surface area contributed by atoms with Crippen LogP contribution in [-0.4, -0.2) is 26.9 Å². The summed E-state index contributed by atoms with van der Waals surface area (Å²) in [5.41, 5.74) is 3.77. The molecule has 3 aromatic rings. The molecule has 2 N–H and O–H groups in total. The number of carbonyl (C=O) groups is 1. The Labute approximate surface area is 169 Å². The second kappa shape index (κ2) is 8.35. The van der Waals surface area contributed by atoms with Gasteiger partial charge in [-0.25, -0.2) is 4.98 Å². The van der Waals surface area contributed by atoms with Crippen LogP contribution in [0.5, 0.6) is 0 Å². The zero-order chi connectivity index (χ0) is 19.5. The Kier molecular flexibility index (Phi) is 5.67. The van der Waals surface area contributed by atoms with Gasteiger partial charge in [-0.3, -0.25) is 9.78 Å². The lowest BCUT2D eigenvalue weighted by atomic mass is 9.78. The molecule has 28 heavy (non-hydrogen) atoms. The predicted molar refractivity (Wildman–Crippen MR) is 113 cm³/mol. The number of hydrogen-bond acceptors (Lipinski definition) is 4. The van der Waals surface area contributed by atoms with Crippen LogP contribution < -0.4 is 5.32 Å². The highest BCUT2D eigenvalue weighted by atomic mass is 32.2. The number of carbonyl (C=O) groups excluding carboxylic acids is 1. The van der Waals surface area contributed by atoms with Crippen molar-refractivity contribution in [3.05, 3.63) is 53.9 Å². The summed E-state index contributed by atoms with van der Waals surface area (Å²) in [6, 6.07) is 10.1. The van der Waals surface area contributed by atoms with Crippen molar-refractivity contribution in [3.8, 4) is 0 Å². The van der Waals surface area contributed by atoms with Gasteiger partial charge in [0.1, 0.15) is 0 Å². The van der Waals surface area contributed by atoms with Gasteiger partial charge >= 0.3 is 0 Å². The first-order valence-electron chi connectivity index (χ1n) is 9.92. The minimum atomic E-state index is 0.0370. The summed E-state index contributed by atoms with van der Waals surface area (Å²) in [6.07, 6.45) is 7.08. The fraction of sp³-hybridized carbons (Fsp3) is 0.409. The van der Waals surface area contributed by atoms with E-state index in [1.165, 1.54) is 18.4 Å². The number of nitrogens with one attached hydrogen (secondary N) is 2. The molecule has 1 aromatic carbocycles. The lowest BCUT2D eigenvalue weighted by Gasteiger charge is -2.34. The number of nitrogens with zero attached hydrogens (tertiary/aromatic N) is 2. The number of rotatable bonds is 5. The normalized spacial score (nSPS) is 22.3. The monoisotopic (exact) mass is 394 g/mol. The number of pyridine rings is 1. The van der Waals surface area contributed by atoms with E-state index in [9.17, 15) is 4.79 Å². The van der Waals surface area contributed by atoms with Crippen LogP contribution in [0.25, 0.3) is 11.0 Å². The lowest BCUT2D eigenvalue weighted by molar-refractivity contribution is 0.0891. The van der Waals surface area contributed by atoms with Gasteiger partial charge in [0.2, 0.25) is 0 Å². The van der Waals surface area contributed by atoms with E-state index in [0.717, 1.165) is 33.9 Å². The third-order valence-corrected chi connectivity index (χ3v) is 6.82. The Morgan fingerprint density at radius 3 is 2.82 bits per heavy atom. The van der Waals surface area contributed by atoms with E-state index in [1.807, 2.05) is 30.3 Å². The number of amides is 1. The summed E-state index contributed by atoms with van der Waals surface area (Å²) >= 11 is 1.65. The Hall–Kier alpha value is -2.34. The number of imidazole rings is 1. The number of H-pyrrole nitrogens is 1. The van der Waals surface area contributed by atoms with Gasteiger partial charge < -0.3 is 10.3 Å². The van der Waals surface area contributed by atoms with E-state index in [4.69, 9.17) is 0 Å². The smallest absolute Gasteiger partial charge is 0.251 e. The van der Waals surface area contributed by atoms with Gasteiger partial charge in [0.05, 0.1) is 17.2 Å². The van der Waals surface area contributed by atoms with Crippen molar-refractivity contribution in [2.45, 2.75) is 50.1 Å². The number of fused-ring (bicyclic) bond motifs is 1. The highest BCUT2D eigenvalue weighted by Crippen LogP contribution is 2.29. The Bertz CT molecular complexity index is 920. The summed E-state index contributed by atoms with van der Waals surface area (Å²) in [7, 11) is 0. The Balaban J connectivity index is 1.34. The highest BCUT2D eigenvalue weighted by Gasteiger charge is 2.28. The van der Waals surface area contributed by atoms with Gasteiger partial charge in [0.25, 0.3) is 5.91 Å². The van der Waals surface area contributed by atoms with E-state index < -0.39 is 0 Å². The third-order valence-electron chi connectivity index (χ3n) is 5.88. The molecule has 0 aliphatic heterocycles. The molecule has 0 saturated heterocycles. The molecular formula is C22H26N4OS. The maximum absolute atomic E-state index is 12.6. The van der Waals surface area contributed by atoms with Crippen molar-refractivity contribution in [3.63, 3.8) is 0 Å². The molecule has 1 saturated carbocycles. The van der Waals surface area contributed by atoms with Crippen molar-refractivity contribution < 1.29 is 4.79 Å². The molecule has 0 spiro atoms. The van der Waals surface area contributed by atoms with E-state index in [2.05, 4.69) is 34.1 Å². The summed E-state index contributed by atoms with van der Waals surface area (Å²) in [4.78, 5) is 24.5. The molecule has 0 radical (unpaired) electrons. The molecule has 5 nitrogen and oxygen atoms in total. The molecule has 1 aliphatic rings.